The number of thioether (sulfide) groups is 2. The minimum absolute atomic E-state index is 0.0487. The fourth-order valence-corrected chi connectivity index (χ4v) is 5.76. The number of halogens is 2. The highest BCUT2D eigenvalue weighted by Crippen LogP contribution is 2.34. The molecule has 0 aromatic heterocycles. The van der Waals surface area contributed by atoms with Crippen LogP contribution in [-0.4, -0.2) is 57.4 Å². The zero-order valence-electron chi connectivity index (χ0n) is 17.7. The van der Waals surface area contributed by atoms with Gasteiger partial charge in [0.05, 0.1) is 23.1 Å². The molecule has 34 heavy (non-hydrogen) atoms. The normalized spacial score (nSPS) is 18.9. The molecule has 0 atom stereocenters. The first-order valence-electron chi connectivity index (χ1n) is 9.91. The summed E-state index contributed by atoms with van der Waals surface area (Å²) in [6, 6.07) is 14.8. The third-order valence-electron chi connectivity index (χ3n) is 4.81. The molecule has 0 spiro atoms. The van der Waals surface area contributed by atoms with Gasteiger partial charge in [0.15, 0.2) is 0 Å². The molecule has 2 aliphatic rings. The van der Waals surface area contributed by atoms with Gasteiger partial charge >= 0.3 is 0 Å². The molecular weight excluding hydrogens is 606 g/mol. The van der Waals surface area contributed by atoms with Crippen LogP contribution in [0.15, 0.2) is 67.3 Å². The minimum atomic E-state index is -0.412. The van der Waals surface area contributed by atoms with Crippen LogP contribution in [0.25, 0.3) is 12.2 Å². The van der Waals surface area contributed by atoms with Crippen LogP contribution < -0.4 is 0 Å². The highest BCUT2D eigenvalue weighted by atomic mass is 79.9. The Kier molecular flexibility index (Phi) is 7.78. The number of rotatable bonds is 6. The Morgan fingerprint density at radius 2 is 1.18 bits per heavy atom. The highest BCUT2D eigenvalue weighted by Gasteiger charge is 2.38. The lowest BCUT2D eigenvalue weighted by Gasteiger charge is -2.25. The third-order valence-corrected chi connectivity index (χ3v) is 7.61. The average molecular weight is 623 g/mol. The van der Waals surface area contributed by atoms with Gasteiger partial charge in [0, 0.05) is 8.95 Å². The van der Waals surface area contributed by atoms with Crippen molar-refractivity contribution in [2.45, 2.75) is 0 Å². The predicted molar refractivity (Wildman–Crippen MR) is 141 cm³/mol. The van der Waals surface area contributed by atoms with Crippen molar-refractivity contribution in [3.8, 4) is 0 Å². The first-order chi connectivity index (χ1) is 16.2. The zero-order chi connectivity index (χ0) is 24.4. The summed E-state index contributed by atoms with van der Waals surface area (Å²) in [7, 11) is 1.64. The maximum atomic E-state index is 12.8. The molecule has 0 unspecified atom stereocenters. The first-order valence-corrected chi connectivity index (χ1v) is 13.1. The molecule has 2 aromatic rings. The number of imide groups is 2. The van der Waals surface area contributed by atoms with Crippen LogP contribution in [0.3, 0.4) is 0 Å². The molecule has 11 heteroatoms. The van der Waals surface area contributed by atoms with Gasteiger partial charge in [-0.1, -0.05) is 56.1 Å². The van der Waals surface area contributed by atoms with Crippen molar-refractivity contribution >= 4 is 89.8 Å². The Balaban J connectivity index is 1.41. The summed E-state index contributed by atoms with van der Waals surface area (Å²) in [5.41, 5.74) is 1.59. The number of nitrogens with zero attached hydrogens (tertiary/aromatic N) is 3. The maximum absolute atomic E-state index is 12.8. The van der Waals surface area contributed by atoms with Gasteiger partial charge in [0.25, 0.3) is 22.3 Å². The lowest BCUT2D eigenvalue weighted by molar-refractivity contribution is -0.125. The minimum Gasteiger partial charge on any atom is -0.270 e. The van der Waals surface area contributed by atoms with Crippen molar-refractivity contribution in [2.24, 2.45) is 0 Å². The van der Waals surface area contributed by atoms with E-state index in [9.17, 15) is 19.2 Å². The fraction of sp³-hybridized carbons (Fsp3) is 0.130. The largest absolute Gasteiger partial charge is 0.294 e. The van der Waals surface area contributed by atoms with E-state index >= 15 is 0 Å². The monoisotopic (exact) mass is 621 g/mol. The quantitative estimate of drug-likeness (QED) is 0.375. The molecule has 0 bridgehead atoms. The van der Waals surface area contributed by atoms with Gasteiger partial charge in [-0.3, -0.25) is 33.9 Å². The van der Waals surface area contributed by atoms with Crippen LogP contribution >= 0.6 is 55.4 Å². The second kappa shape index (κ2) is 10.6. The standard InChI is InChI=1S/C23H17Br2N3O4S2/c1-26(12-27-20(29)18(33-22(27)31)10-14-4-2-6-16(24)8-14)13-28-21(30)19(34-23(28)32)11-15-5-3-7-17(25)9-15/h2-11H,12-13H2,1H3/b18-10+,19-11+. The molecule has 0 radical (unpaired) electrons. The van der Waals surface area contributed by atoms with Gasteiger partial charge in [-0.2, -0.15) is 0 Å². The number of amides is 4. The summed E-state index contributed by atoms with van der Waals surface area (Å²) in [5, 5.41) is -0.802. The number of hydrogen-bond donors (Lipinski definition) is 0. The Labute approximate surface area is 221 Å². The molecule has 4 amide bonds. The maximum Gasteiger partial charge on any atom is 0.294 e. The van der Waals surface area contributed by atoms with E-state index in [0.717, 1.165) is 53.4 Å². The van der Waals surface area contributed by atoms with E-state index < -0.39 is 22.3 Å². The molecule has 2 heterocycles. The van der Waals surface area contributed by atoms with Gasteiger partial charge in [-0.15, -0.1) is 0 Å². The van der Waals surface area contributed by atoms with Gasteiger partial charge in [-0.05, 0) is 78.1 Å². The summed E-state index contributed by atoms with van der Waals surface area (Å²) in [4.78, 5) is 55.0. The fourth-order valence-electron chi connectivity index (χ4n) is 3.27. The second-order valence-corrected chi connectivity index (χ2v) is 11.3. The summed E-state index contributed by atoms with van der Waals surface area (Å²) in [6.07, 6.45) is 3.33. The molecule has 4 rings (SSSR count). The zero-order valence-corrected chi connectivity index (χ0v) is 22.5. The summed E-state index contributed by atoms with van der Waals surface area (Å²) in [5.74, 6) is -0.823. The Hall–Kier alpha value is -2.18. The second-order valence-electron chi connectivity index (χ2n) is 7.47. The highest BCUT2D eigenvalue weighted by molar-refractivity contribution is 9.10. The van der Waals surface area contributed by atoms with Crippen LogP contribution in [0.5, 0.6) is 0 Å². The molecule has 174 valence electrons. The molecule has 7 nitrogen and oxygen atoms in total. The summed E-state index contributed by atoms with van der Waals surface area (Å²) in [6.45, 7) is -0.0974. The van der Waals surface area contributed by atoms with E-state index in [1.165, 1.54) is 0 Å². The average Bonchev–Trinajstić information content (AvgIpc) is 3.18. The van der Waals surface area contributed by atoms with Gasteiger partial charge in [0.2, 0.25) is 0 Å². The van der Waals surface area contributed by atoms with Gasteiger partial charge in [-0.25, -0.2) is 0 Å². The van der Waals surface area contributed by atoms with Gasteiger partial charge < -0.3 is 0 Å². The van der Waals surface area contributed by atoms with Crippen molar-refractivity contribution in [3.05, 3.63) is 78.4 Å². The van der Waals surface area contributed by atoms with Crippen LogP contribution in [0.2, 0.25) is 0 Å². The van der Waals surface area contributed by atoms with E-state index in [0.29, 0.717) is 9.81 Å². The van der Waals surface area contributed by atoms with Crippen molar-refractivity contribution in [1.29, 1.82) is 0 Å². The van der Waals surface area contributed by atoms with Crippen LogP contribution in [-0.2, 0) is 9.59 Å². The van der Waals surface area contributed by atoms with Gasteiger partial charge in [0.1, 0.15) is 0 Å². The Morgan fingerprint density at radius 3 is 1.56 bits per heavy atom. The van der Waals surface area contributed by atoms with Crippen LogP contribution in [0, 0.1) is 0 Å². The molecule has 2 aromatic carbocycles. The predicted octanol–water partition coefficient (Wildman–Crippen LogP) is 5.83. The van der Waals surface area contributed by atoms with E-state index in [2.05, 4.69) is 31.9 Å². The number of hydrogen-bond acceptors (Lipinski definition) is 7. The summed E-state index contributed by atoms with van der Waals surface area (Å²) >= 11 is 8.50. The molecule has 2 aliphatic heterocycles. The Morgan fingerprint density at radius 1 is 0.765 bits per heavy atom. The van der Waals surface area contributed by atoms with Crippen LogP contribution in [0.4, 0.5) is 9.59 Å². The lowest BCUT2D eigenvalue weighted by atomic mass is 10.2. The van der Waals surface area contributed by atoms with E-state index in [1.54, 1.807) is 24.1 Å². The third kappa shape index (κ3) is 5.72. The van der Waals surface area contributed by atoms with E-state index in [4.69, 9.17) is 0 Å². The smallest absolute Gasteiger partial charge is 0.270 e. The molecule has 2 saturated heterocycles. The van der Waals surface area contributed by atoms with Crippen molar-refractivity contribution in [2.75, 3.05) is 20.4 Å². The van der Waals surface area contributed by atoms with E-state index in [1.807, 2.05) is 48.5 Å². The van der Waals surface area contributed by atoms with Crippen molar-refractivity contribution in [3.63, 3.8) is 0 Å². The lowest BCUT2D eigenvalue weighted by Crippen LogP contribution is -2.45. The number of benzene rings is 2. The molecular formula is C23H17Br2N3O4S2. The summed E-state index contributed by atoms with van der Waals surface area (Å²) < 4.78 is 1.73. The number of carbonyl (C=O) groups excluding carboxylic acids is 4. The molecule has 0 aliphatic carbocycles. The molecule has 2 fully saturated rings. The van der Waals surface area contributed by atoms with Crippen molar-refractivity contribution < 1.29 is 19.2 Å². The number of carbonyl (C=O) groups is 4. The van der Waals surface area contributed by atoms with Crippen LogP contribution in [0.1, 0.15) is 11.1 Å². The first kappa shape index (κ1) is 24.9. The van der Waals surface area contributed by atoms with Crippen molar-refractivity contribution in [1.82, 2.24) is 14.7 Å². The topological polar surface area (TPSA) is 78.0 Å². The molecule has 0 N–H and O–H groups in total. The SMILES string of the molecule is CN(CN1C(=O)S/C(=C/c2cccc(Br)c2)C1=O)CN1C(=O)S/C(=C/c2cccc(Br)c2)C1=O. The Bertz CT molecular complexity index is 1170. The van der Waals surface area contributed by atoms with E-state index in [-0.39, 0.29) is 13.3 Å². The molecule has 0 saturated carbocycles.